The maximum atomic E-state index is 13.2. The number of hydrogen-bond acceptors (Lipinski definition) is 4. The number of aryl methyl sites for hydroxylation is 1. The fourth-order valence-electron chi connectivity index (χ4n) is 4.33. The van der Waals surface area contributed by atoms with Crippen molar-refractivity contribution in [2.45, 2.75) is 39.3 Å². The van der Waals surface area contributed by atoms with Crippen molar-refractivity contribution in [1.82, 2.24) is 24.0 Å². The van der Waals surface area contributed by atoms with Crippen molar-refractivity contribution in [3.8, 4) is 0 Å². The molecule has 0 aliphatic carbocycles. The Bertz CT molecular complexity index is 1090. The number of hydrogen-bond donors (Lipinski definition) is 1. The van der Waals surface area contributed by atoms with Crippen molar-refractivity contribution in [1.29, 1.82) is 0 Å². The van der Waals surface area contributed by atoms with Crippen LogP contribution in [0, 0.1) is 13.8 Å². The van der Waals surface area contributed by atoms with Gasteiger partial charge in [-0.1, -0.05) is 0 Å². The quantitative estimate of drug-likeness (QED) is 0.647. The highest BCUT2D eigenvalue weighted by Crippen LogP contribution is 2.26. The molecule has 29 heavy (non-hydrogen) atoms. The molecule has 1 fully saturated rings. The molecule has 8 heteroatoms. The predicted octanol–water partition coefficient (Wildman–Crippen LogP) is 2.27. The third-order valence-electron chi connectivity index (χ3n) is 5.83. The van der Waals surface area contributed by atoms with Crippen LogP contribution in [0.2, 0.25) is 0 Å². The highest BCUT2D eigenvalue weighted by molar-refractivity contribution is 5.96. The molecule has 3 aromatic rings. The number of aromatic nitrogens is 4. The molecule has 1 aliphatic rings. The number of amides is 1. The summed E-state index contributed by atoms with van der Waals surface area (Å²) in [7, 11) is 1.70. The molecule has 8 nitrogen and oxygen atoms in total. The number of rotatable bonds is 6. The van der Waals surface area contributed by atoms with E-state index in [0.29, 0.717) is 25.3 Å². The van der Waals surface area contributed by atoms with Crippen molar-refractivity contribution >= 4 is 17.1 Å². The lowest BCUT2D eigenvalue weighted by Crippen LogP contribution is -2.31. The van der Waals surface area contributed by atoms with Gasteiger partial charge in [-0.15, -0.1) is 0 Å². The first kappa shape index (κ1) is 19.4. The number of carbonyl (C=O) groups is 1. The number of fused-ring (bicyclic) bond motifs is 1. The molecular formula is C21H27N5O3. The summed E-state index contributed by atoms with van der Waals surface area (Å²) in [6.45, 7) is 6.69. The summed E-state index contributed by atoms with van der Waals surface area (Å²) in [4.78, 5) is 34.7. The fraction of sp³-hybridized carbons (Fsp3) is 0.476. The Morgan fingerprint density at radius 2 is 2.21 bits per heavy atom. The molecule has 0 bridgehead atoms. The van der Waals surface area contributed by atoms with E-state index in [-0.39, 0.29) is 17.6 Å². The lowest BCUT2D eigenvalue weighted by atomic mass is 10.2. The maximum Gasteiger partial charge on any atom is 0.327 e. The molecule has 3 aromatic heterocycles. The van der Waals surface area contributed by atoms with E-state index >= 15 is 0 Å². The molecule has 0 aromatic carbocycles. The van der Waals surface area contributed by atoms with E-state index in [1.165, 1.54) is 0 Å². The standard InChI is InChI=1S/C21H27N5O3/c1-14-12-17(15(2)25(14)9-5-11-29-3)20(27)24-10-7-16(13-24)26-19-18(23-21(26)28)6-4-8-22-19/h4,6,8,12,16H,5,7,9-11,13H2,1-3H3,(H,23,28)/t16-/m1/s1. The van der Waals surface area contributed by atoms with Crippen molar-refractivity contribution in [3.05, 3.63) is 51.8 Å². The van der Waals surface area contributed by atoms with E-state index < -0.39 is 0 Å². The summed E-state index contributed by atoms with van der Waals surface area (Å²) >= 11 is 0. The topological polar surface area (TPSA) is 85.1 Å². The Labute approximate surface area is 169 Å². The number of likely N-dealkylation sites (tertiary alicyclic amines) is 1. The van der Waals surface area contributed by atoms with Gasteiger partial charge in [-0.25, -0.2) is 9.78 Å². The Kier molecular flexibility index (Phi) is 5.27. The molecule has 4 rings (SSSR count). The second-order valence-corrected chi connectivity index (χ2v) is 7.65. The Balaban J connectivity index is 1.54. The van der Waals surface area contributed by atoms with Crippen LogP contribution in [-0.2, 0) is 11.3 Å². The molecule has 1 atom stereocenters. The number of ether oxygens (including phenoxy) is 1. The number of nitrogens with zero attached hydrogens (tertiary/aromatic N) is 4. The number of nitrogens with one attached hydrogen (secondary N) is 1. The molecule has 0 spiro atoms. The highest BCUT2D eigenvalue weighted by atomic mass is 16.5. The highest BCUT2D eigenvalue weighted by Gasteiger charge is 2.31. The van der Waals surface area contributed by atoms with Gasteiger partial charge in [0.25, 0.3) is 5.91 Å². The molecule has 0 unspecified atom stereocenters. The third-order valence-corrected chi connectivity index (χ3v) is 5.83. The normalized spacial score (nSPS) is 16.8. The molecule has 4 heterocycles. The molecule has 1 aliphatic heterocycles. The molecule has 1 N–H and O–H groups in total. The van der Waals surface area contributed by atoms with Gasteiger partial charge in [0.2, 0.25) is 0 Å². The zero-order chi connectivity index (χ0) is 20.5. The van der Waals surface area contributed by atoms with Crippen LogP contribution >= 0.6 is 0 Å². The minimum atomic E-state index is -0.172. The molecule has 0 radical (unpaired) electrons. The third kappa shape index (κ3) is 3.48. The van der Waals surface area contributed by atoms with Gasteiger partial charge in [-0.2, -0.15) is 0 Å². The van der Waals surface area contributed by atoms with Crippen molar-refractivity contribution in [2.24, 2.45) is 0 Å². The summed E-state index contributed by atoms with van der Waals surface area (Å²) in [6.07, 6.45) is 3.33. The zero-order valence-corrected chi connectivity index (χ0v) is 17.1. The SMILES string of the molecule is COCCCn1c(C)cc(C(=O)N2CC[C@@H](n3c(=O)[nH]c4cccnc43)C2)c1C. The fourth-order valence-corrected chi connectivity index (χ4v) is 4.33. The van der Waals surface area contributed by atoms with E-state index in [4.69, 9.17) is 4.74 Å². The molecular weight excluding hydrogens is 370 g/mol. The van der Waals surface area contributed by atoms with E-state index in [1.807, 2.05) is 30.9 Å². The lowest BCUT2D eigenvalue weighted by molar-refractivity contribution is 0.0787. The average molecular weight is 397 g/mol. The van der Waals surface area contributed by atoms with Gasteiger partial charge in [0.1, 0.15) is 0 Å². The van der Waals surface area contributed by atoms with Gasteiger partial charge < -0.3 is 19.2 Å². The van der Waals surface area contributed by atoms with Crippen LogP contribution in [0.1, 0.15) is 40.6 Å². The maximum absolute atomic E-state index is 13.2. The van der Waals surface area contributed by atoms with Gasteiger partial charge in [-0.05, 0) is 44.9 Å². The van der Waals surface area contributed by atoms with E-state index in [0.717, 1.165) is 41.9 Å². The molecule has 1 saturated heterocycles. The minimum Gasteiger partial charge on any atom is -0.385 e. The van der Waals surface area contributed by atoms with E-state index in [9.17, 15) is 9.59 Å². The first-order valence-corrected chi connectivity index (χ1v) is 10.0. The van der Waals surface area contributed by atoms with Crippen LogP contribution in [0.25, 0.3) is 11.2 Å². The zero-order valence-electron chi connectivity index (χ0n) is 17.1. The number of pyridine rings is 1. The monoisotopic (exact) mass is 397 g/mol. The van der Waals surface area contributed by atoms with Crippen LogP contribution in [-0.4, -0.2) is 56.7 Å². The number of carbonyl (C=O) groups excluding carboxylic acids is 1. The van der Waals surface area contributed by atoms with Gasteiger partial charge in [0, 0.05) is 50.9 Å². The Hall–Kier alpha value is -2.87. The van der Waals surface area contributed by atoms with Gasteiger partial charge in [-0.3, -0.25) is 9.36 Å². The Morgan fingerprint density at radius 3 is 3.00 bits per heavy atom. The summed E-state index contributed by atoms with van der Waals surface area (Å²) in [5, 5.41) is 0. The van der Waals surface area contributed by atoms with Crippen LogP contribution in [0.3, 0.4) is 0 Å². The molecule has 0 saturated carbocycles. The lowest BCUT2D eigenvalue weighted by Gasteiger charge is -2.17. The Morgan fingerprint density at radius 1 is 1.38 bits per heavy atom. The van der Waals surface area contributed by atoms with Gasteiger partial charge in [0.05, 0.1) is 17.1 Å². The summed E-state index contributed by atoms with van der Waals surface area (Å²) < 4.78 is 9.01. The average Bonchev–Trinajstić information content (AvgIpc) is 3.38. The van der Waals surface area contributed by atoms with Crippen molar-refractivity contribution in [3.63, 3.8) is 0 Å². The minimum absolute atomic E-state index is 0.0273. The van der Waals surface area contributed by atoms with E-state index in [1.54, 1.807) is 23.9 Å². The summed E-state index contributed by atoms with van der Waals surface area (Å²) in [6, 6.07) is 5.55. The first-order chi connectivity index (χ1) is 14.0. The first-order valence-electron chi connectivity index (χ1n) is 10.0. The van der Waals surface area contributed by atoms with Crippen LogP contribution < -0.4 is 5.69 Å². The summed E-state index contributed by atoms with van der Waals surface area (Å²) in [5.74, 6) is 0.0273. The number of aromatic amines is 1. The molecule has 154 valence electrons. The molecule has 1 amide bonds. The van der Waals surface area contributed by atoms with Crippen molar-refractivity contribution in [2.75, 3.05) is 26.8 Å². The number of H-pyrrole nitrogens is 1. The second kappa shape index (κ2) is 7.87. The van der Waals surface area contributed by atoms with Crippen LogP contribution in [0.5, 0.6) is 0 Å². The van der Waals surface area contributed by atoms with Crippen LogP contribution in [0.4, 0.5) is 0 Å². The van der Waals surface area contributed by atoms with Gasteiger partial charge >= 0.3 is 5.69 Å². The second-order valence-electron chi connectivity index (χ2n) is 7.65. The number of methoxy groups -OCH3 is 1. The number of imidazole rings is 1. The summed E-state index contributed by atoms with van der Waals surface area (Å²) in [5.41, 5.74) is 4.00. The van der Waals surface area contributed by atoms with Crippen molar-refractivity contribution < 1.29 is 9.53 Å². The smallest absolute Gasteiger partial charge is 0.327 e. The van der Waals surface area contributed by atoms with Gasteiger partial charge in [0.15, 0.2) is 5.65 Å². The largest absolute Gasteiger partial charge is 0.385 e. The van der Waals surface area contributed by atoms with Crippen LogP contribution in [0.15, 0.2) is 29.2 Å². The predicted molar refractivity (Wildman–Crippen MR) is 110 cm³/mol. The van der Waals surface area contributed by atoms with E-state index in [2.05, 4.69) is 14.5 Å².